The quantitative estimate of drug-likeness (QED) is 0.838. The summed E-state index contributed by atoms with van der Waals surface area (Å²) in [6.07, 6.45) is 0.295. The average molecular weight is 391 g/mol. The predicted molar refractivity (Wildman–Crippen MR) is 106 cm³/mol. The van der Waals surface area contributed by atoms with Crippen LogP contribution in [0.4, 0.5) is 4.79 Å². The number of rotatable bonds is 4. The lowest BCUT2D eigenvalue weighted by Gasteiger charge is -2.30. The molecule has 0 aromatic carbocycles. The first-order valence-electron chi connectivity index (χ1n) is 9.09. The third-order valence-electron chi connectivity index (χ3n) is 4.20. The molecule has 0 aliphatic carbocycles. The second kappa shape index (κ2) is 7.82. The molecule has 1 amide bonds. The number of amides is 1. The molecule has 0 spiro atoms. The summed E-state index contributed by atoms with van der Waals surface area (Å²) in [6, 6.07) is 3.81. The number of nitrogens with zero attached hydrogens (tertiary/aromatic N) is 2. The maximum atomic E-state index is 12.5. The largest absolute Gasteiger partial charge is 0.444 e. The van der Waals surface area contributed by atoms with Gasteiger partial charge in [0.15, 0.2) is 5.82 Å². The molecule has 27 heavy (non-hydrogen) atoms. The molecule has 7 nitrogen and oxygen atoms in total. The molecule has 0 radical (unpaired) electrons. The summed E-state index contributed by atoms with van der Waals surface area (Å²) in [4.78, 5) is 35.1. The minimum Gasteiger partial charge on any atom is -0.444 e. The first-order valence-corrected chi connectivity index (χ1v) is 9.97. The van der Waals surface area contributed by atoms with Crippen LogP contribution >= 0.6 is 11.3 Å². The van der Waals surface area contributed by atoms with Crippen LogP contribution in [0.2, 0.25) is 0 Å². The summed E-state index contributed by atoms with van der Waals surface area (Å²) in [5.74, 6) is 0.641. The van der Waals surface area contributed by atoms with Crippen LogP contribution in [0.25, 0.3) is 10.7 Å². The topological polar surface area (TPSA) is 87.3 Å². The molecule has 0 saturated carbocycles. The van der Waals surface area contributed by atoms with Crippen LogP contribution in [0.15, 0.2) is 22.3 Å². The van der Waals surface area contributed by atoms with Gasteiger partial charge in [0.1, 0.15) is 5.60 Å². The molecule has 1 unspecified atom stereocenters. The van der Waals surface area contributed by atoms with Crippen LogP contribution in [-0.4, -0.2) is 45.7 Å². The summed E-state index contributed by atoms with van der Waals surface area (Å²) in [7, 11) is 0. The Morgan fingerprint density at radius 1 is 1.48 bits per heavy atom. The molecule has 8 heteroatoms. The molecule has 1 aliphatic heterocycles. The molecule has 0 bridgehead atoms. The fourth-order valence-corrected chi connectivity index (χ4v) is 3.78. The highest BCUT2D eigenvalue weighted by molar-refractivity contribution is 7.13. The van der Waals surface area contributed by atoms with Crippen LogP contribution in [0.1, 0.15) is 39.0 Å². The number of thiophene rings is 1. The molecule has 2 aromatic rings. The molecular formula is C19H26N4O3S. The van der Waals surface area contributed by atoms with Crippen molar-refractivity contribution in [3.8, 4) is 10.7 Å². The monoisotopic (exact) mass is 390 g/mol. The van der Waals surface area contributed by atoms with Crippen molar-refractivity contribution < 1.29 is 9.53 Å². The zero-order chi connectivity index (χ0) is 19.6. The Hall–Kier alpha value is -2.19. The van der Waals surface area contributed by atoms with E-state index in [2.05, 4.69) is 20.2 Å². The molecule has 3 rings (SSSR count). The lowest BCUT2D eigenvalue weighted by molar-refractivity contribution is 0.0495. The van der Waals surface area contributed by atoms with Crippen molar-refractivity contribution >= 4 is 17.4 Å². The maximum Gasteiger partial charge on any atom is 0.407 e. The molecule has 2 N–H and O–H groups in total. The number of aromatic nitrogens is 2. The van der Waals surface area contributed by atoms with E-state index in [1.54, 1.807) is 11.3 Å². The summed E-state index contributed by atoms with van der Waals surface area (Å²) in [5.41, 5.74) is 0.977. The number of fused-ring (bicyclic) bond motifs is 1. The van der Waals surface area contributed by atoms with E-state index in [0.717, 1.165) is 23.5 Å². The summed E-state index contributed by atoms with van der Waals surface area (Å²) < 4.78 is 5.29. The minimum absolute atomic E-state index is 0.0825. The number of hydrogen-bond acceptors (Lipinski definition) is 6. The standard InChI is InChI=1S/C19H26N4O3S/c1-12(20-18(25)26-19(2,3)4)10-23-8-7-14-13(11-23)17(24)22-16(21-14)15-6-5-9-27-15/h5-6,9,12H,7-8,10-11H2,1-4H3,(H,20,25)(H,21,22,24). The van der Waals surface area contributed by atoms with Gasteiger partial charge in [-0.1, -0.05) is 6.07 Å². The number of alkyl carbamates (subject to hydrolysis) is 1. The number of hydrogen-bond donors (Lipinski definition) is 2. The highest BCUT2D eigenvalue weighted by atomic mass is 32.1. The lowest BCUT2D eigenvalue weighted by atomic mass is 10.1. The van der Waals surface area contributed by atoms with Gasteiger partial charge in [0.25, 0.3) is 5.56 Å². The van der Waals surface area contributed by atoms with Crippen LogP contribution in [0.3, 0.4) is 0 Å². The van der Waals surface area contributed by atoms with Crippen molar-refractivity contribution in [2.75, 3.05) is 13.1 Å². The van der Waals surface area contributed by atoms with Crippen LogP contribution in [0, 0.1) is 0 Å². The minimum atomic E-state index is -0.521. The lowest BCUT2D eigenvalue weighted by Crippen LogP contribution is -2.46. The third kappa shape index (κ3) is 5.17. The van der Waals surface area contributed by atoms with Gasteiger partial charge < -0.3 is 15.0 Å². The van der Waals surface area contributed by atoms with Crippen LogP contribution in [0.5, 0.6) is 0 Å². The van der Waals surface area contributed by atoms with Crippen molar-refractivity contribution in [1.29, 1.82) is 0 Å². The normalized spacial score (nSPS) is 15.9. The molecule has 1 atom stereocenters. The van der Waals surface area contributed by atoms with Gasteiger partial charge in [-0.15, -0.1) is 11.3 Å². The maximum absolute atomic E-state index is 12.5. The molecule has 146 valence electrons. The van der Waals surface area contributed by atoms with Crippen LogP contribution in [-0.2, 0) is 17.7 Å². The van der Waals surface area contributed by atoms with E-state index in [0.29, 0.717) is 24.5 Å². The fourth-order valence-electron chi connectivity index (χ4n) is 3.11. The second-order valence-corrected chi connectivity index (χ2v) is 8.80. The Kier molecular flexibility index (Phi) is 5.67. The van der Waals surface area contributed by atoms with E-state index in [9.17, 15) is 9.59 Å². The third-order valence-corrected chi connectivity index (χ3v) is 5.07. The van der Waals surface area contributed by atoms with Gasteiger partial charge >= 0.3 is 6.09 Å². The fraction of sp³-hybridized carbons (Fsp3) is 0.526. The van der Waals surface area contributed by atoms with Crippen molar-refractivity contribution in [3.63, 3.8) is 0 Å². The molecule has 2 aromatic heterocycles. The van der Waals surface area contributed by atoms with Gasteiger partial charge in [-0.3, -0.25) is 9.69 Å². The summed E-state index contributed by atoms with van der Waals surface area (Å²) in [5, 5.41) is 4.81. The van der Waals surface area contributed by atoms with Crippen molar-refractivity contribution in [2.24, 2.45) is 0 Å². The molecule has 3 heterocycles. The molecular weight excluding hydrogens is 364 g/mol. The van der Waals surface area contributed by atoms with E-state index in [4.69, 9.17) is 4.74 Å². The van der Waals surface area contributed by atoms with Crippen molar-refractivity contribution in [2.45, 2.75) is 52.3 Å². The number of carbonyl (C=O) groups excluding carboxylic acids is 1. The first kappa shape index (κ1) is 19.6. The van der Waals surface area contributed by atoms with E-state index < -0.39 is 11.7 Å². The summed E-state index contributed by atoms with van der Waals surface area (Å²) >= 11 is 1.56. The van der Waals surface area contributed by atoms with Crippen molar-refractivity contribution in [3.05, 3.63) is 39.1 Å². The van der Waals surface area contributed by atoms with Gasteiger partial charge in [0.05, 0.1) is 16.1 Å². The molecule has 0 fully saturated rings. The highest BCUT2D eigenvalue weighted by Crippen LogP contribution is 2.22. The number of aromatic amines is 1. The molecule has 0 saturated heterocycles. The Labute approximate surface area is 162 Å². The van der Waals surface area contributed by atoms with Gasteiger partial charge in [0.2, 0.25) is 0 Å². The smallest absolute Gasteiger partial charge is 0.407 e. The zero-order valence-corrected chi connectivity index (χ0v) is 17.0. The zero-order valence-electron chi connectivity index (χ0n) is 16.2. The predicted octanol–water partition coefficient (Wildman–Crippen LogP) is 2.77. The molecule has 1 aliphatic rings. The summed E-state index contributed by atoms with van der Waals surface area (Å²) in [6.45, 7) is 9.41. The highest BCUT2D eigenvalue weighted by Gasteiger charge is 2.24. The SMILES string of the molecule is CC(CN1CCc2nc(-c3cccs3)[nH]c(=O)c2C1)NC(=O)OC(C)(C)C. The van der Waals surface area contributed by atoms with E-state index in [1.165, 1.54) is 0 Å². The Morgan fingerprint density at radius 3 is 2.93 bits per heavy atom. The number of nitrogens with one attached hydrogen (secondary N) is 2. The Balaban J connectivity index is 1.63. The number of H-pyrrole nitrogens is 1. The van der Waals surface area contributed by atoms with Gasteiger partial charge in [0, 0.05) is 32.1 Å². The average Bonchev–Trinajstić information content (AvgIpc) is 3.07. The van der Waals surface area contributed by atoms with E-state index in [1.807, 2.05) is 45.2 Å². The Morgan fingerprint density at radius 2 is 2.26 bits per heavy atom. The first-order chi connectivity index (χ1) is 12.7. The van der Waals surface area contributed by atoms with Gasteiger partial charge in [-0.2, -0.15) is 0 Å². The van der Waals surface area contributed by atoms with Crippen molar-refractivity contribution in [1.82, 2.24) is 20.2 Å². The van der Waals surface area contributed by atoms with Gasteiger partial charge in [-0.05, 0) is 39.1 Å². The second-order valence-electron chi connectivity index (χ2n) is 7.85. The Bertz CT molecular complexity index is 855. The number of carbonyl (C=O) groups is 1. The van der Waals surface area contributed by atoms with E-state index in [-0.39, 0.29) is 11.6 Å². The van der Waals surface area contributed by atoms with Gasteiger partial charge in [-0.25, -0.2) is 9.78 Å². The van der Waals surface area contributed by atoms with E-state index >= 15 is 0 Å². The number of ether oxygens (including phenoxy) is 1. The van der Waals surface area contributed by atoms with Crippen LogP contribution < -0.4 is 10.9 Å².